The van der Waals surface area contributed by atoms with E-state index in [1.54, 1.807) is 16.8 Å². The lowest BCUT2D eigenvalue weighted by atomic mass is 10.1. The average Bonchev–Trinajstić information content (AvgIpc) is 2.86. The van der Waals surface area contributed by atoms with Gasteiger partial charge in [0.1, 0.15) is 0 Å². The van der Waals surface area contributed by atoms with Crippen LogP contribution in [0.3, 0.4) is 0 Å². The van der Waals surface area contributed by atoms with Gasteiger partial charge >= 0.3 is 6.18 Å². The number of aromatic nitrogens is 2. The third kappa shape index (κ3) is 2.78. The van der Waals surface area contributed by atoms with Crippen molar-refractivity contribution in [2.45, 2.75) is 25.6 Å². The number of hydrogen-bond donors (Lipinski definition) is 1. The van der Waals surface area contributed by atoms with Gasteiger partial charge in [-0.05, 0) is 24.6 Å². The summed E-state index contributed by atoms with van der Waals surface area (Å²) in [5.41, 5.74) is 6.34. The number of imidazole rings is 1. The highest BCUT2D eigenvalue weighted by molar-refractivity contribution is 5.39. The Balaban J connectivity index is 2.46. The molecule has 0 unspecified atom stereocenters. The van der Waals surface area contributed by atoms with Crippen LogP contribution in [-0.4, -0.2) is 9.55 Å². The zero-order chi connectivity index (χ0) is 14.0. The maximum Gasteiger partial charge on any atom is 0.416 e. The molecule has 102 valence electrons. The van der Waals surface area contributed by atoms with Crippen LogP contribution in [-0.2, 0) is 6.18 Å². The molecule has 0 saturated heterocycles. The zero-order valence-corrected chi connectivity index (χ0v) is 10.4. The number of halogens is 3. The molecule has 2 aromatic rings. The Labute approximate surface area is 108 Å². The summed E-state index contributed by atoms with van der Waals surface area (Å²) < 4.78 is 39.6. The monoisotopic (exact) mass is 269 g/mol. The van der Waals surface area contributed by atoms with Gasteiger partial charge in [-0.2, -0.15) is 13.2 Å². The second-order valence-electron chi connectivity index (χ2n) is 4.25. The maximum absolute atomic E-state index is 12.7. The van der Waals surface area contributed by atoms with Crippen LogP contribution in [0.25, 0.3) is 5.69 Å². The van der Waals surface area contributed by atoms with E-state index in [4.69, 9.17) is 5.73 Å². The van der Waals surface area contributed by atoms with Crippen molar-refractivity contribution < 1.29 is 13.2 Å². The van der Waals surface area contributed by atoms with Crippen LogP contribution in [0, 0.1) is 0 Å². The summed E-state index contributed by atoms with van der Waals surface area (Å²) in [5, 5.41) is 0. The lowest BCUT2D eigenvalue weighted by Crippen LogP contribution is -2.14. The predicted octanol–water partition coefficient (Wildman–Crippen LogP) is 3.30. The Hall–Kier alpha value is -1.82. The molecule has 0 aliphatic rings. The number of nitrogens with zero attached hydrogens (tertiary/aromatic N) is 2. The minimum Gasteiger partial charge on any atom is -0.323 e. The highest BCUT2D eigenvalue weighted by Crippen LogP contribution is 2.30. The van der Waals surface area contributed by atoms with Gasteiger partial charge in [0, 0.05) is 11.7 Å². The SMILES string of the molecule is CC[C@@H](N)c1cncn1-c1cccc(C(F)(F)F)c1. The lowest BCUT2D eigenvalue weighted by molar-refractivity contribution is -0.137. The second kappa shape index (κ2) is 5.05. The number of hydrogen-bond acceptors (Lipinski definition) is 2. The van der Waals surface area contributed by atoms with E-state index in [1.165, 1.54) is 12.4 Å². The van der Waals surface area contributed by atoms with Crippen LogP contribution in [0.15, 0.2) is 36.8 Å². The first-order valence-electron chi connectivity index (χ1n) is 5.89. The van der Waals surface area contributed by atoms with Crippen molar-refractivity contribution in [2.75, 3.05) is 0 Å². The topological polar surface area (TPSA) is 43.8 Å². The Morgan fingerprint density at radius 3 is 2.74 bits per heavy atom. The molecule has 0 aliphatic heterocycles. The minimum absolute atomic E-state index is 0.253. The Morgan fingerprint density at radius 1 is 1.37 bits per heavy atom. The Morgan fingerprint density at radius 2 is 2.11 bits per heavy atom. The van der Waals surface area contributed by atoms with Gasteiger partial charge in [0.25, 0.3) is 0 Å². The van der Waals surface area contributed by atoms with E-state index in [0.29, 0.717) is 17.8 Å². The summed E-state index contributed by atoms with van der Waals surface area (Å²) >= 11 is 0. The summed E-state index contributed by atoms with van der Waals surface area (Å²) in [6.07, 6.45) is -0.622. The van der Waals surface area contributed by atoms with Gasteiger partial charge < -0.3 is 10.3 Å². The van der Waals surface area contributed by atoms with E-state index in [2.05, 4.69) is 4.98 Å². The van der Waals surface area contributed by atoms with Gasteiger partial charge in [0.2, 0.25) is 0 Å². The fourth-order valence-corrected chi connectivity index (χ4v) is 1.84. The molecule has 0 radical (unpaired) electrons. The lowest BCUT2D eigenvalue weighted by Gasteiger charge is -2.14. The van der Waals surface area contributed by atoms with E-state index < -0.39 is 11.7 Å². The standard InChI is InChI=1S/C13H14F3N3/c1-2-11(17)12-7-18-8-19(12)10-5-3-4-9(6-10)13(14,15)16/h3-8,11H,2,17H2,1H3/t11-/m1/s1. The number of alkyl halides is 3. The number of rotatable bonds is 3. The highest BCUT2D eigenvalue weighted by Gasteiger charge is 2.30. The van der Waals surface area contributed by atoms with Crippen LogP contribution in [0.5, 0.6) is 0 Å². The van der Waals surface area contributed by atoms with E-state index in [0.717, 1.165) is 12.1 Å². The van der Waals surface area contributed by atoms with Crippen molar-refractivity contribution in [3.05, 3.63) is 48.0 Å². The minimum atomic E-state index is -4.36. The molecule has 19 heavy (non-hydrogen) atoms. The molecule has 0 saturated carbocycles. The van der Waals surface area contributed by atoms with Crippen molar-refractivity contribution in [1.29, 1.82) is 0 Å². The molecule has 0 spiro atoms. The molecule has 0 aliphatic carbocycles. The smallest absolute Gasteiger partial charge is 0.323 e. The Kier molecular flexibility index (Phi) is 3.61. The molecule has 0 bridgehead atoms. The summed E-state index contributed by atoms with van der Waals surface area (Å²) in [6.45, 7) is 1.91. The highest BCUT2D eigenvalue weighted by atomic mass is 19.4. The third-order valence-corrected chi connectivity index (χ3v) is 2.94. The number of benzene rings is 1. The van der Waals surface area contributed by atoms with Gasteiger partial charge in [-0.15, -0.1) is 0 Å². The summed E-state index contributed by atoms with van der Waals surface area (Å²) in [7, 11) is 0. The van der Waals surface area contributed by atoms with E-state index in [-0.39, 0.29) is 6.04 Å². The third-order valence-electron chi connectivity index (χ3n) is 2.94. The first kappa shape index (κ1) is 13.6. The largest absolute Gasteiger partial charge is 0.416 e. The first-order valence-corrected chi connectivity index (χ1v) is 5.89. The average molecular weight is 269 g/mol. The molecule has 1 heterocycles. The molecule has 3 nitrogen and oxygen atoms in total. The fourth-order valence-electron chi connectivity index (χ4n) is 1.84. The van der Waals surface area contributed by atoms with Crippen LogP contribution >= 0.6 is 0 Å². The zero-order valence-electron chi connectivity index (χ0n) is 10.4. The van der Waals surface area contributed by atoms with E-state index in [1.807, 2.05) is 6.92 Å². The molecule has 1 aromatic heterocycles. The van der Waals surface area contributed by atoms with Gasteiger partial charge in [0.15, 0.2) is 0 Å². The molecular weight excluding hydrogens is 255 g/mol. The maximum atomic E-state index is 12.7. The molecule has 1 atom stereocenters. The Bertz CT molecular complexity index is 560. The molecule has 2 N–H and O–H groups in total. The van der Waals surface area contributed by atoms with Crippen molar-refractivity contribution in [1.82, 2.24) is 9.55 Å². The van der Waals surface area contributed by atoms with E-state index in [9.17, 15) is 13.2 Å². The van der Waals surface area contributed by atoms with Crippen molar-refractivity contribution in [2.24, 2.45) is 5.73 Å². The summed E-state index contributed by atoms with van der Waals surface area (Å²) in [6, 6.07) is 4.85. The molecule has 0 amide bonds. The second-order valence-corrected chi connectivity index (χ2v) is 4.25. The fraction of sp³-hybridized carbons (Fsp3) is 0.308. The first-order chi connectivity index (χ1) is 8.93. The number of nitrogens with two attached hydrogens (primary N) is 1. The van der Waals surface area contributed by atoms with Gasteiger partial charge in [-0.3, -0.25) is 0 Å². The van der Waals surface area contributed by atoms with Gasteiger partial charge in [0.05, 0.1) is 23.8 Å². The molecule has 0 fully saturated rings. The molecule has 6 heteroatoms. The van der Waals surface area contributed by atoms with Crippen LogP contribution in [0.2, 0.25) is 0 Å². The summed E-state index contributed by atoms with van der Waals surface area (Å²) in [4.78, 5) is 3.96. The van der Waals surface area contributed by atoms with Crippen molar-refractivity contribution >= 4 is 0 Å². The normalized spacial score (nSPS) is 13.5. The molecule has 1 aromatic carbocycles. The van der Waals surface area contributed by atoms with Gasteiger partial charge in [-0.1, -0.05) is 13.0 Å². The molecular formula is C13H14F3N3. The quantitative estimate of drug-likeness (QED) is 0.929. The van der Waals surface area contributed by atoms with Crippen LogP contribution < -0.4 is 5.73 Å². The van der Waals surface area contributed by atoms with Crippen LogP contribution in [0.4, 0.5) is 13.2 Å². The van der Waals surface area contributed by atoms with Crippen LogP contribution in [0.1, 0.15) is 30.6 Å². The predicted molar refractivity (Wildman–Crippen MR) is 65.8 cm³/mol. The summed E-state index contributed by atoms with van der Waals surface area (Å²) in [5.74, 6) is 0. The van der Waals surface area contributed by atoms with E-state index >= 15 is 0 Å². The van der Waals surface area contributed by atoms with Crippen molar-refractivity contribution in [3.63, 3.8) is 0 Å². The van der Waals surface area contributed by atoms with Gasteiger partial charge in [-0.25, -0.2) is 4.98 Å². The van der Waals surface area contributed by atoms with Crippen molar-refractivity contribution in [3.8, 4) is 5.69 Å². The molecule has 2 rings (SSSR count).